The van der Waals surface area contributed by atoms with Crippen LogP contribution in [0.25, 0.3) is 0 Å². The number of ketones is 1. The van der Waals surface area contributed by atoms with Crippen LogP contribution in [-0.4, -0.2) is 11.7 Å². The van der Waals surface area contributed by atoms with Crippen LogP contribution in [0.2, 0.25) is 0 Å². The van der Waals surface area contributed by atoms with Crippen LogP contribution in [0, 0.1) is 11.6 Å². The van der Waals surface area contributed by atoms with Gasteiger partial charge in [0.1, 0.15) is 11.6 Å². The molecule has 2 atom stereocenters. The molecule has 0 saturated heterocycles. The number of dihydropyridines is 1. The van der Waals surface area contributed by atoms with Gasteiger partial charge < -0.3 is 10.6 Å². The van der Waals surface area contributed by atoms with E-state index in [-0.39, 0.29) is 11.7 Å². The van der Waals surface area contributed by atoms with E-state index >= 15 is 0 Å². The molecule has 1 aromatic heterocycles. The lowest BCUT2D eigenvalue weighted by Crippen LogP contribution is -2.37. The van der Waals surface area contributed by atoms with E-state index in [1.54, 1.807) is 36.5 Å². The standard InChI is InChI=1S/C27H22F2N2O2S/c1-15-24(27(33)31-20-5-2-4-19(29)14-20)25(16-7-9-18(28)10-8-16)26-21(30-15)12-17(13-22(26)32)23-6-3-11-34-23/h2-11,14,17,25,30H,12-13H2,1H3,(H,31,33). The number of nitrogens with one attached hydrogen (secondary N) is 2. The van der Waals surface area contributed by atoms with Crippen LogP contribution in [0.1, 0.15) is 42.0 Å². The third-order valence-electron chi connectivity index (χ3n) is 6.30. The van der Waals surface area contributed by atoms with Gasteiger partial charge in [-0.05, 0) is 60.7 Å². The largest absolute Gasteiger partial charge is 0.362 e. The summed E-state index contributed by atoms with van der Waals surface area (Å²) in [5.74, 6) is -1.92. The lowest BCUT2D eigenvalue weighted by molar-refractivity contribution is -0.116. The van der Waals surface area contributed by atoms with Gasteiger partial charge in [0.2, 0.25) is 0 Å². The van der Waals surface area contributed by atoms with Crippen molar-refractivity contribution in [1.82, 2.24) is 5.32 Å². The molecule has 172 valence electrons. The molecule has 0 bridgehead atoms. The molecule has 5 rings (SSSR count). The molecule has 0 fully saturated rings. The van der Waals surface area contributed by atoms with E-state index in [0.717, 1.165) is 10.6 Å². The number of benzene rings is 2. The molecule has 0 saturated carbocycles. The first-order valence-electron chi connectivity index (χ1n) is 11.0. The predicted octanol–water partition coefficient (Wildman–Crippen LogP) is 6.03. The molecule has 4 nitrogen and oxygen atoms in total. The molecular formula is C27H22F2N2O2S. The summed E-state index contributed by atoms with van der Waals surface area (Å²) in [6.45, 7) is 1.79. The van der Waals surface area contributed by atoms with Gasteiger partial charge in [0.15, 0.2) is 5.78 Å². The van der Waals surface area contributed by atoms with Gasteiger partial charge in [-0.25, -0.2) is 8.78 Å². The summed E-state index contributed by atoms with van der Waals surface area (Å²) >= 11 is 1.63. The molecule has 2 N–H and O–H groups in total. The van der Waals surface area contributed by atoms with Crippen molar-refractivity contribution in [2.45, 2.75) is 31.6 Å². The van der Waals surface area contributed by atoms with Crippen LogP contribution in [0.5, 0.6) is 0 Å². The summed E-state index contributed by atoms with van der Waals surface area (Å²) in [4.78, 5) is 28.1. The van der Waals surface area contributed by atoms with Crippen molar-refractivity contribution in [3.8, 4) is 0 Å². The number of anilines is 1. The highest BCUT2D eigenvalue weighted by molar-refractivity contribution is 7.10. The van der Waals surface area contributed by atoms with E-state index < -0.39 is 23.5 Å². The summed E-state index contributed by atoms with van der Waals surface area (Å²) < 4.78 is 27.4. The Bertz CT molecular complexity index is 1330. The topological polar surface area (TPSA) is 58.2 Å². The minimum Gasteiger partial charge on any atom is -0.362 e. The number of amides is 1. The van der Waals surface area contributed by atoms with Gasteiger partial charge in [-0.3, -0.25) is 9.59 Å². The lowest BCUT2D eigenvalue weighted by atomic mass is 9.72. The number of thiophene rings is 1. The van der Waals surface area contributed by atoms with E-state index in [0.29, 0.717) is 40.9 Å². The molecule has 2 aromatic carbocycles. The van der Waals surface area contributed by atoms with E-state index in [1.165, 1.54) is 30.3 Å². The van der Waals surface area contributed by atoms with Gasteiger partial charge in [0, 0.05) is 51.4 Å². The minimum absolute atomic E-state index is 0.0370. The quantitative estimate of drug-likeness (QED) is 0.484. The Balaban J connectivity index is 1.56. The summed E-state index contributed by atoms with van der Waals surface area (Å²) in [6.07, 6.45) is 0.992. The van der Waals surface area contributed by atoms with Crippen molar-refractivity contribution >= 4 is 28.7 Å². The zero-order valence-corrected chi connectivity index (χ0v) is 19.2. The molecule has 2 aliphatic rings. The number of carbonyl (C=O) groups is 2. The first-order valence-corrected chi connectivity index (χ1v) is 11.9. The van der Waals surface area contributed by atoms with Gasteiger partial charge in [-0.1, -0.05) is 24.3 Å². The van der Waals surface area contributed by atoms with Gasteiger partial charge in [-0.2, -0.15) is 0 Å². The molecule has 3 aromatic rings. The fourth-order valence-electron chi connectivity index (χ4n) is 4.82. The monoisotopic (exact) mass is 476 g/mol. The van der Waals surface area contributed by atoms with Crippen LogP contribution in [-0.2, 0) is 9.59 Å². The normalized spacial score (nSPS) is 20.1. The Morgan fingerprint density at radius 2 is 1.82 bits per heavy atom. The Labute approximate surface area is 200 Å². The second-order valence-corrected chi connectivity index (χ2v) is 9.53. The first kappa shape index (κ1) is 22.2. The molecule has 2 heterocycles. The Morgan fingerprint density at radius 3 is 2.53 bits per heavy atom. The van der Waals surface area contributed by atoms with E-state index in [9.17, 15) is 18.4 Å². The number of Topliss-reactive ketones (excluding diaryl/α,β-unsaturated/α-hetero) is 1. The second-order valence-electron chi connectivity index (χ2n) is 8.55. The van der Waals surface area contributed by atoms with Crippen LogP contribution in [0.15, 0.2) is 88.6 Å². The number of hydrogen-bond donors (Lipinski definition) is 2. The lowest BCUT2D eigenvalue weighted by Gasteiger charge is -2.36. The highest BCUT2D eigenvalue weighted by Gasteiger charge is 2.41. The van der Waals surface area contributed by atoms with Crippen molar-refractivity contribution < 1.29 is 18.4 Å². The summed E-state index contributed by atoms with van der Waals surface area (Å²) in [6, 6.07) is 15.5. The van der Waals surface area contributed by atoms with Crippen LogP contribution in [0.4, 0.5) is 14.5 Å². The number of halogens is 2. The molecular weight excluding hydrogens is 454 g/mol. The number of allylic oxidation sites excluding steroid dienone is 3. The first-order chi connectivity index (χ1) is 16.4. The van der Waals surface area contributed by atoms with E-state index in [4.69, 9.17) is 0 Å². The molecule has 7 heteroatoms. The number of carbonyl (C=O) groups excluding carboxylic acids is 2. The zero-order chi connectivity index (χ0) is 23.8. The molecule has 0 spiro atoms. The maximum Gasteiger partial charge on any atom is 0.254 e. The average Bonchev–Trinajstić information content (AvgIpc) is 3.33. The Morgan fingerprint density at radius 1 is 1.03 bits per heavy atom. The maximum absolute atomic E-state index is 13.7. The minimum atomic E-state index is -0.651. The highest BCUT2D eigenvalue weighted by atomic mass is 32.1. The second kappa shape index (κ2) is 8.99. The molecule has 34 heavy (non-hydrogen) atoms. The third-order valence-corrected chi connectivity index (χ3v) is 7.34. The van der Waals surface area contributed by atoms with Crippen LogP contribution in [0.3, 0.4) is 0 Å². The predicted molar refractivity (Wildman–Crippen MR) is 128 cm³/mol. The fraction of sp³-hybridized carbons (Fsp3) is 0.185. The van der Waals surface area contributed by atoms with Crippen molar-refractivity contribution in [1.29, 1.82) is 0 Å². The molecule has 1 amide bonds. The van der Waals surface area contributed by atoms with E-state index in [2.05, 4.69) is 10.6 Å². The SMILES string of the molecule is CC1=C(C(=O)Nc2cccc(F)c2)C(c2ccc(F)cc2)C2=C(CC(c3cccs3)CC2=O)N1. The Kier molecular flexibility index (Phi) is 5.87. The van der Waals surface area contributed by atoms with E-state index in [1.807, 2.05) is 17.5 Å². The van der Waals surface area contributed by atoms with Crippen LogP contribution < -0.4 is 10.6 Å². The van der Waals surface area contributed by atoms with Crippen molar-refractivity contribution in [2.75, 3.05) is 5.32 Å². The molecule has 0 radical (unpaired) electrons. The number of hydrogen-bond acceptors (Lipinski definition) is 4. The summed E-state index contributed by atoms with van der Waals surface area (Å²) in [5, 5.41) is 8.07. The summed E-state index contributed by atoms with van der Waals surface area (Å²) in [5.41, 5.74) is 3.27. The zero-order valence-electron chi connectivity index (χ0n) is 18.4. The van der Waals surface area contributed by atoms with Gasteiger partial charge in [0.05, 0.1) is 0 Å². The average molecular weight is 477 g/mol. The molecule has 2 unspecified atom stereocenters. The van der Waals surface area contributed by atoms with Crippen molar-refractivity contribution in [3.05, 3.63) is 111 Å². The van der Waals surface area contributed by atoms with Crippen molar-refractivity contribution in [2.24, 2.45) is 0 Å². The van der Waals surface area contributed by atoms with Gasteiger partial charge in [0.25, 0.3) is 5.91 Å². The fourth-order valence-corrected chi connectivity index (χ4v) is 5.65. The molecule has 1 aliphatic heterocycles. The Hall–Kier alpha value is -3.58. The molecule has 1 aliphatic carbocycles. The van der Waals surface area contributed by atoms with Gasteiger partial charge in [-0.15, -0.1) is 11.3 Å². The maximum atomic E-state index is 13.7. The third kappa shape index (κ3) is 4.19. The highest BCUT2D eigenvalue weighted by Crippen LogP contribution is 2.46. The van der Waals surface area contributed by atoms with Crippen molar-refractivity contribution in [3.63, 3.8) is 0 Å². The smallest absolute Gasteiger partial charge is 0.254 e. The summed E-state index contributed by atoms with van der Waals surface area (Å²) in [7, 11) is 0. The number of rotatable bonds is 4. The van der Waals surface area contributed by atoms with Gasteiger partial charge >= 0.3 is 0 Å². The van der Waals surface area contributed by atoms with Crippen LogP contribution >= 0.6 is 11.3 Å².